The molecule has 98 valence electrons. The monoisotopic (exact) mass is 237 g/mol. The van der Waals surface area contributed by atoms with Crippen LogP contribution < -0.4 is 5.32 Å². The normalized spacial score (nSPS) is 47.1. The highest BCUT2D eigenvalue weighted by Crippen LogP contribution is 2.59. The lowest BCUT2D eigenvalue weighted by atomic mass is 9.48. The van der Waals surface area contributed by atoms with Gasteiger partial charge in [0.05, 0.1) is 5.60 Å². The largest absolute Gasteiger partial charge is 0.388 e. The molecule has 0 aromatic carbocycles. The van der Waals surface area contributed by atoms with E-state index in [2.05, 4.69) is 12.2 Å². The minimum atomic E-state index is -0.447. The first kappa shape index (κ1) is 12.0. The van der Waals surface area contributed by atoms with Gasteiger partial charge in [0.1, 0.15) is 0 Å². The SMILES string of the molecule is CCC(O)(CNC)C1C2CC3CC(C2)CC1C3. The van der Waals surface area contributed by atoms with Crippen molar-refractivity contribution in [3.05, 3.63) is 0 Å². The second-order valence-electron chi connectivity index (χ2n) is 6.94. The Morgan fingerprint density at radius 1 is 1.06 bits per heavy atom. The summed E-state index contributed by atoms with van der Waals surface area (Å²) in [6.07, 6.45) is 8.03. The Labute approximate surface area is 105 Å². The van der Waals surface area contributed by atoms with Gasteiger partial charge in [-0.25, -0.2) is 0 Å². The Bertz CT molecular complexity index is 263. The Balaban J connectivity index is 1.83. The third kappa shape index (κ3) is 1.84. The first-order valence-corrected chi connectivity index (χ1v) is 7.53. The smallest absolute Gasteiger partial charge is 0.0802 e. The van der Waals surface area contributed by atoms with Crippen molar-refractivity contribution in [1.82, 2.24) is 5.32 Å². The van der Waals surface area contributed by atoms with Crippen molar-refractivity contribution in [2.75, 3.05) is 13.6 Å². The molecule has 1 unspecified atom stereocenters. The molecule has 2 nitrogen and oxygen atoms in total. The van der Waals surface area contributed by atoms with Gasteiger partial charge in [-0.1, -0.05) is 6.92 Å². The van der Waals surface area contributed by atoms with E-state index in [1.54, 1.807) is 0 Å². The molecule has 4 aliphatic rings. The van der Waals surface area contributed by atoms with Gasteiger partial charge < -0.3 is 10.4 Å². The lowest BCUT2D eigenvalue weighted by molar-refractivity contribution is -0.142. The van der Waals surface area contributed by atoms with Crippen LogP contribution >= 0.6 is 0 Å². The summed E-state index contributed by atoms with van der Waals surface area (Å²) < 4.78 is 0. The molecule has 4 fully saturated rings. The summed E-state index contributed by atoms with van der Waals surface area (Å²) >= 11 is 0. The fraction of sp³-hybridized carbons (Fsp3) is 1.00. The first-order chi connectivity index (χ1) is 8.16. The van der Waals surface area contributed by atoms with E-state index in [0.717, 1.165) is 36.6 Å². The van der Waals surface area contributed by atoms with E-state index in [1.807, 2.05) is 7.05 Å². The Hall–Kier alpha value is -0.0800. The van der Waals surface area contributed by atoms with Crippen LogP contribution in [-0.4, -0.2) is 24.3 Å². The zero-order valence-corrected chi connectivity index (χ0v) is 11.3. The van der Waals surface area contributed by atoms with Gasteiger partial charge in [0, 0.05) is 6.54 Å². The molecule has 4 bridgehead atoms. The van der Waals surface area contributed by atoms with Crippen LogP contribution in [0.4, 0.5) is 0 Å². The predicted octanol–water partition coefficient (Wildman–Crippen LogP) is 2.42. The fourth-order valence-corrected chi connectivity index (χ4v) is 5.59. The second kappa shape index (κ2) is 4.24. The van der Waals surface area contributed by atoms with Crippen LogP contribution in [0.5, 0.6) is 0 Å². The van der Waals surface area contributed by atoms with Crippen molar-refractivity contribution >= 4 is 0 Å². The quantitative estimate of drug-likeness (QED) is 0.787. The average Bonchev–Trinajstić information content (AvgIpc) is 2.27. The van der Waals surface area contributed by atoms with Crippen molar-refractivity contribution in [2.45, 2.75) is 51.0 Å². The fourth-order valence-electron chi connectivity index (χ4n) is 5.59. The molecule has 2 heteroatoms. The predicted molar refractivity (Wildman–Crippen MR) is 69.7 cm³/mol. The Morgan fingerprint density at radius 3 is 2.00 bits per heavy atom. The molecule has 0 saturated heterocycles. The zero-order valence-electron chi connectivity index (χ0n) is 11.3. The van der Waals surface area contributed by atoms with E-state index in [1.165, 1.54) is 32.1 Å². The van der Waals surface area contributed by atoms with Crippen LogP contribution in [0.25, 0.3) is 0 Å². The van der Waals surface area contributed by atoms with Gasteiger partial charge in [-0.05, 0) is 75.2 Å². The maximum atomic E-state index is 11.0. The van der Waals surface area contributed by atoms with Crippen molar-refractivity contribution in [2.24, 2.45) is 29.6 Å². The summed E-state index contributed by atoms with van der Waals surface area (Å²) in [7, 11) is 1.97. The molecule has 0 aromatic heterocycles. The molecule has 0 amide bonds. The number of nitrogens with one attached hydrogen (secondary N) is 1. The van der Waals surface area contributed by atoms with Crippen LogP contribution in [0.15, 0.2) is 0 Å². The number of aliphatic hydroxyl groups is 1. The number of hydrogen-bond donors (Lipinski definition) is 2. The van der Waals surface area contributed by atoms with Gasteiger partial charge in [-0.3, -0.25) is 0 Å². The summed E-state index contributed by atoms with van der Waals surface area (Å²) in [5.74, 6) is 4.23. The Kier molecular flexibility index (Phi) is 2.99. The molecule has 0 aliphatic heterocycles. The molecule has 0 aromatic rings. The maximum Gasteiger partial charge on any atom is 0.0802 e. The summed E-state index contributed by atoms with van der Waals surface area (Å²) in [4.78, 5) is 0. The molecule has 4 aliphatic carbocycles. The highest BCUT2D eigenvalue weighted by atomic mass is 16.3. The van der Waals surface area contributed by atoms with E-state index in [9.17, 15) is 5.11 Å². The highest BCUT2D eigenvalue weighted by molar-refractivity contribution is 5.05. The minimum absolute atomic E-state index is 0.447. The second-order valence-corrected chi connectivity index (χ2v) is 6.94. The summed E-state index contributed by atoms with van der Waals surface area (Å²) in [5, 5.41) is 14.2. The topological polar surface area (TPSA) is 32.3 Å². The number of likely N-dealkylation sites (N-methyl/N-ethyl adjacent to an activating group) is 1. The third-order valence-electron chi connectivity index (χ3n) is 5.94. The lowest BCUT2D eigenvalue weighted by Gasteiger charge is -2.58. The molecule has 4 saturated carbocycles. The van der Waals surface area contributed by atoms with Crippen LogP contribution in [-0.2, 0) is 0 Å². The first-order valence-electron chi connectivity index (χ1n) is 7.53. The molecule has 2 N–H and O–H groups in total. The van der Waals surface area contributed by atoms with Gasteiger partial charge in [-0.2, -0.15) is 0 Å². The van der Waals surface area contributed by atoms with Crippen molar-refractivity contribution in [3.63, 3.8) is 0 Å². The zero-order chi connectivity index (χ0) is 12.0. The molecule has 4 rings (SSSR count). The van der Waals surface area contributed by atoms with Crippen LogP contribution in [0.1, 0.15) is 45.4 Å². The lowest BCUT2D eigenvalue weighted by Crippen LogP contribution is -2.57. The average molecular weight is 237 g/mol. The highest BCUT2D eigenvalue weighted by Gasteiger charge is 2.54. The van der Waals surface area contributed by atoms with E-state index in [-0.39, 0.29) is 0 Å². The maximum absolute atomic E-state index is 11.0. The molecular weight excluding hydrogens is 210 g/mol. The third-order valence-corrected chi connectivity index (χ3v) is 5.94. The van der Waals surface area contributed by atoms with Crippen LogP contribution in [0, 0.1) is 29.6 Å². The van der Waals surface area contributed by atoms with Crippen molar-refractivity contribution in [1.29, 1.82) is 0 Å². The molecule has 1 atom stereocenters. The van der Waals surface area contributed by atoms with Crippen molar-refractivity contribution < 1.29 is 5.11 Å². The molecule has 17 heavy (non-hydrogen) atoms. The van der Waals surface area contributed by atoms with Gasteiger partial charge in [0.25, 0.3) is 0 Å². The van der Waals surface area contributed by atoms with Gasteiger partial charge in [0.15, 0.2) is 0 Å². The van der Waals surface area contributed by atoms with Crippen LogP contribution in [0.2, 0.25) is 0 Å². The summed E-state index contributed by atoms with van der Waals surface area (Å²) in [6.45, 7) is 2.93. The molecule has 0 radical (unpaired) electrons. The van der Waals surface area contributed by atoms with Gasteiger partial charge >= 0.3 is 0 Å². The van der Waals surface area contributed by atoms with E-state index in [0.29, 0.717) is 5.92 Å². The molecular formula is C15H27NO. The van der Waals surface area contributed by atoms with Crippen molar-refractivity contribution in [3.8, 4) is 0 Å². The van der Waals surface area contributed by atoms with E-state index in [4.69, 9.17) is 0 Å². The molecule has 0 heterocycles. The van der Waals surface area contributed by atoms with Gasteiger partial charge in [0.2, 0.25) is 0 Å². The van der Waals surface area contributed by atoms with E-state index < -0.39 is 5.60 Å². The standard InChI is InChI=1S/C15H27NO/c1-3-15(17,9-16-2)14-12-5-10-4-11(7-12)8-13(14)6-10/h10-14,16-17H,3-9H2,1-2H3. The summed E-state index contributed by atoms with van der Waals surface area (Å²) in [6, 6.07) is 0. The van der Waals surface area contributed by atoms with Crippen LogP contribution in [0.3, 0.4) is 0 Å². The Morgan fingerprint density at radius 2 is 1.59 bits per heavy atom. The summed E-state index contributed by atoms with van der Waals surface area (Å²) in [5.41, 5.74) is -0.447. The van der Waals surface area contributed by atoms with Gasteiger partial charge in [-0.15, -0.1) is 0 Å². The van der Waals surface area contributed by atoms with E-state index >= 15 is 0 Å². The minimum Gasteiger partial charge on any atom is -0.388 e. The number of rotatable bonds is 4. The molecule has 0 spiro atoms. The number of hydrogen-bond acceptors (Lipinski definition) is 2.